The van der Waals surface area contributed by atoms with Crippen molar-refractivity contribution in [2.24, 2.45) is 0 Å². The number of para-hydroxylation sites is 1. The Kier molecular flexibility index (Phi) is 16.1. The summed E-state index contributed by atoms with van der Waals surface area (Å²) in [6, 6.07) is 10.2. The van der Waals surface area contributed by atoms with Crippen molar-refractivity contribution in [3.8, 4) is 0 Å². The zero-order valence-corrected chi connectivity index (χ0v) is 34.0. The van der Waals surface area contributed by atoms with Gasteiger partial charge in [-0.2, -0.15) is 0 Å². The zero-order valence-electron chi connectivity index (χ0n) is 31.0. The number of hydrogen-bond donors (Lipinski definition) is 0. The highest BCUT2D eigenvalue weighted by molar-refractivity contribution is 6.79. The molecule has 1 atom stereocenters. The maximum Gasteiger partial charge on any atom is 0.316 e. The molecule has 1 aromatic rings. The molecular formula is C35H67NO5Si3. The lowest BCUT2D eigenvalue weighted by molar-refractivity contribution is -0.143. The Balaban J connectivity index is 3.70. The summed E-state index contributed by atoms with van der Waals surface area (Å²) in [6.07, 6.45) is 0.830. The van der Waals surface area contributed by atoms with Crippen LogP contribution in [0.25, 0.3) is 0 Å². The third kappa shape index (κ3) is 10.0. The lowest BCUT2D eigenvalue weighted by atomic mass is 10.1. The second kappa shape index (κ2) is 17.5. The molecular weight excluding hydrogens is 599 g/mol. The third-order valence-corrected chi connectivity index (χ3v) is 24.4. The monoisotopic (exact) mass is 665 g/mol. The summed E-state index contributed by atoms with van der Waals surface area (Å²) in [7, 11) is -6.88. The molecule has 1 unspecified atom stereocenters. The van der Waals surface area contributed by atoms with E-state index in [-0.39, 0.29) is 51.6 Å². The first-order valence-corrected chi connectivity index (χ1v) is 24.6. The van der Waals surface area contributed by atoms with Crippen LogP contribution < -0.4 is 4.90 Å². The van der Waals surface area contributed by atoms with Crippen molar-refractivity contribution >= 4 is 42.6 Å². The molecule has 254 valence electrons. The number of anilines is 1. The van der Waals surface area contributed by atoms with E-state index >= 15 is 0 Å². The Morgan fingerprint density at radius 3 is 1.55 bits per heavy atom. The fourth-order valence-electron chi connectivity index (χ4n) is 7.89. The van der Waals surface area contributed by atoms with Crippen LogP contribution in [0.3, 0.4) is 0 Å². The smallest absolute Gasteiger partial charge is 0.316 e. The number of rotatable bonds is 19. The molecule has 0 aromatic heterocycles. The number of hydrogen-bond acceptors (Lipinski definition) is 6. The second-order valence-electron chi connectivity index (χ2n) is 15.1. The fraction of sp³-hybridized carbons (Fsp3) is 0.771. The molecule has 0 heterocycles. The van der Waals surface area contributed by atoms with E-state index in [2.05, 4.69) is 101 Å². The summed E-state index contributed by atoms with van der Waals surface area (Å²) in [5.74, 6) is -0.577. The Labute approximate surface area is 274 Å². The van der Waals surface area contributed by atoms with Gasteiger partial charge in [0, 0.05) is 18.8 Å². The van der Waals surface area contributed by atoms with Gasteiger partial charge in [0.05, 0.1) is 6.42 Å². The minimum atomic E-state index is -2.56. The van der Waals surface area contributed by atoms with Gasteiger partial charge in [-0.15, -0.1) is 0 Å². The maximum atomic E-state index is 14.6. The molecule has 6 nitrogen and oxygen atoms in total. The normalized spacial score (nSPS) is 13.8. The zero-order chi connectivity index (χ0) is 34.0. The van der Waals surface area contributed by atoms with Gasteiger partial charge in [-0.25, -0.2) is 0 Å². The molecule has 0 N–H and O–H groups in total. The van der Waals surface area contributed by atoms with Crippen LogP contribution in [-0.2, 0) is 22.9 Å². The summed E-state index contributed by atoms with van der Waals surface area (Å²) in [6.45, 7) is 34.1. The van der Waals surface area contributed by atoms with Crippen molar-refractivity contribution in [1.82, 2.24) is 0 Å². The van der Waals surface area contributed by atoms with Crippen LogP contribution in [0.4, 0.5) is 5.69 Å². The van der Waals surface area contributed by atoms with Crippen molar-refractivity contribution in [3.05, 3.63) is 30.3 Å². The predicted octanol–water partition coefficient (Wildman–Crippen LogP) is 10.3. The van der Waals surface area contributed by atoms with E-state index in [4.69, 9.17) is 13.3 Å². The summed E-state index contributed by atoms with van der Waals surface area (Å²) in [5, 5.41) is 0. The molecule has 0 saturated carbocycles. The predicted molar refractivity (Wildman–Crippen MR) is 195 cm³/mol. The molecule has 0 amide bonds. The first-order valence-electron chi connectivity index (χ1n) is 17.2. The van der Waals surface area contributed by atoms with Gasteiger partial charge in [-0.05, 0) is 77.9 Å². The lowest BCUT2D eigenvalue weighted by Gasteiger charge is -2.44. The number of nitrogens with zero attached hydrogens (tertiary/aromatic N) is 1. The number of carbonyl (C=O) groups excluding carboxylic acids is 2. The average molecular weight is 666 g/mol. The van der Waals surface area contributed by atoms with Gasteiger partial charge in [-0.1, -0.05) is 101 Å². The van der Waals surface area contributed by atoms with E-state index in [1.54, 1.807) is 0 Å². The van der Waals surface area contributed by atoms with Crippen molar-refractivity contribution in [3.63, 3.8) is 0 Å². The fourth-order valence-corrected chi connectivity index (χ4v) is 20.2. The highest BCUT2D eigenvalue weighted by Gasteiger charge is 2.51. The Bertz CT molecular complexity index is 967. The van der Waals surface area contributed by atoms with Crippen LogP contribution in [0.15, 0.2) is 30.3 Å². The van der Waals surface area contributed by atoms with Crippen LogP contribution in [0.1, 0.15) is 103 Å². The first-order chi connectivity index (χ1) is 20.3. The van der Waals surface area contributed by atoms with Crippen LogP contribution in [0.5, 0.6) is 0 Å². The minimum Gasteiger partial charge on any atom is -0.518 e. The summed E-state index contributed by atoms with van der Waals surface area (Å²) in [4.78, 5) is 30.8. The molecule has 9 heteroatoms. The van der Waals surface area contributed by atoms with Gasteiger partial charge in [0.25, 0.3) is 22.6 Å². The lowest BCUT2D eigenvalue weighted by Crippen LogP contribution is -2.55. The maximum absolute atomic E-state index is 14.6. The van der Waals surface area contributed by atoms with Crippen LogP contribution >= 0.6 is 0 Å². The molecule has 0 aliphatic heterocycles. The van der Waals surface area contributed by atoms with Gasteiger partial charge in [0.2, 0.25) is 0 Å². The van der Waals surface area contributed by atoms with Gasteiger partial charge >= 0.3 is 5.97 Å². The molecule has 0 fully saturated rings. The van der Waals surface area contributed by atoms with Crippen LogP contribution in [0.2, 0.25) is 52.4 Å². The molecule has 1 rings (SSSR count). The van der Waals surface area contributed by atoms with Crippen LogP contribution in [0, 0.1) is 0 Å². The Morgan fingerprint density at radius 1 is 0.705 bits per heavy atom. The van der Waals surface area contributed by atoms with Crippen molar-refractivity contribution in [1.29, 1.82) is 0 Å². The van der Waals surface area contributed by atoms with Crippen molar-refractivity contribution in [2.45, 2.75) is 161 Å². The summed E-state index contributed by atoms with van der Waals surface area (Å²) < 4.78 is 19.5. The largest absolute Gasteiger partial charge is 0.518 e. The van der Waals surface area contributed by atoms with E-state index < -0.39 is 31.0 Å². The minimum absolute atomic E-state index is 0.0281. The highest BCUT2D eigenvalue weighted by Crippen LogP contribution is 2.44. The molecule has 44 heavy (non-hydrogen) atoms. The van der Waals surface area contributed by atoms with Gasteiger partial charge < -0.3 is 18.2 Å². The molecule has 0 bridgehead atoms. The van der Waals surface area contributed by atoms with E-state index in [0.717, 1.165) is 18.2 Å². The SMILES string of the molecule is CCO[Si](C)(C)CCCN(c1ccccc1)C(CC(=O)O[Si](C(C)C)(C(C)C)C(C)C)C(=O)O[Si](C(C)C)(C(C)C)C(C)C. The standard InChI is InChI=1S/C35H67NO5Si3/c1-16-39-42(14,15)24-20-23-36(32-21-18-17-19-22-32)33(35(38)41-44(29(8)9,30(10)11)31(12)13)25-34(37)40-43(26(2)3,27(4)5)28(6)7/h17-19,21-22,26-31,33H,16,20,23-25H2,1-15H3. The average Bonchev–Trinajstić information content (AvgIpc) is 2.90. The van der Waals surface area contributed by atoms with Crippen molar-refractivity contribution < 1.29 is 22.9 Å². The Morgan fingerprint density at radius 2 is 1.14 bits per heavy atom. The summed E-state index contributed by atoms with van der Waals surface area (Å²) in [5.41, 5.74) is 2.42. The molecule has 0 radical (unpaired) electrons. The molecule has 0 spiro atoms. The topological polar surface area (TPSA) is 65.1 Å². The first kappa shape index (κ1) is 40.6. The molecule has 0 aliphatic carbocycles. The quantitative estimate of drug-likeness (QED) is 0.137. The van der Waals surface area contributed by atoms with Gasteiger partial charge in [0.1, 0.15) is 6.04 Å². The van der Waals surface area contributed by atoms with Crippen LogP contribution in [-0.4, -0.2) is 56.1 Å². The van der Waals surface area contributed by atoms with E-state index in [1.807, 2.05) is 37.3 Å². The highest BCUT2D eigenvalue weighted by atomic mass is 28.4. The third-order valence-electron chi connectivity index (χ3n) is 9.79. The molecule has 0 aliphatic rings. The van der Waals surface area contributed by atoms with E-state index in [1.165, 1.54) is 0 Å². The van der Waals surface area contributed by atoms with Gasteiger partial charge in [0.15, 0.2) is 8.32 Å². The van der Waals surface area contributed by atoms with Gasteiger partial charge in [-0.3, -0.25) is 9.59 Å². The summed E-state index contributed by atoms with van der Waals surface area (Å²) >= 11 is 0. The number of carbonyl (C=O) groups is 2. The molecule has 0 saturated heterocycles. The van der Waals surface area contributed by atoms with E-state index in [9.17, 15) is 9.59 Å². The van der Waals surface area contributed by atoms with E-state index in [0.29, 0.717) is 13.2 Å². The van der Waals surface area contributed by atoms with Crippen molar-refractivity contribution in [2.75, 3.05) is 18.1 Å². The Hall–Kier alpha value is -1.43. The number of benzene rings is 1. The molecule has 1 aromatic carbocycles. The second-order valence-corrected chi connectivity index (χ2v) is 30.1.